The Morgan fingerprint density at radius 3 is 2.50 bits per heavy atom. The molecule has 2 aromatic rings. The van der Waals surface area contributed by atoms with Gasteiger partial charge in [-0.3, -0.25) is 0 Å². The van der Waals surface area contributed by atoms with Gasteiger partial charge >= 0.3 is 0 Å². The SMILES string of the molecule is [Ir].[c-]1ccccc1C1=NCCN1c1ccccc1. The van der Waals surface area contributed by atoms with Crippen molar-refractivity contribution in [2.24, 2.45) is 4.99 Å². The molecule has 1 radical (unpaired) electrons. The van der Waals surface area contributed by atoms with Gasteiger partial charge in [-0.1, -0.05) is 18.2 Å². The van der Waals surface area contributed by atoms with Gasteiger partial charge < -0.3 is 9.89 Å². The second-order valence-corrected chi connectivity index (χ2v) is 3.97. The third-order valence-corrected chi connectivity index (χ3v) is 2.86. The fraction of sp³-hybridized carbons (Fsp3) is 0.133. The van der Waals surface area contributed by atoms with E-state index in [1.54, 1.807) is 0 Å². The van der Waals surface area contributed by atoms with E-state index in [9.17, 15) is 0 Å². The van der Waals surface area contributed by atoms with E-state index in [0.29, 0.717) is 0 Å². The number of anilines is 1. The second-order valence-electron chi connectivity index (χ2n) is 3.97. The Bertz CT molecular complexity index is 523. The third-order valence-electron chi connectivity index (χ3n) is 2.86. The van der Waals surface area contributed by atoms with Crippen molar-refractivity contribution < 1.29 is 20.1 Å². The van der Waals surface area contributed by atoms with Crippen LogP contribution in [-0.4, -0.2) is 18.9 Å². The van der Waals surface area contributed by atoms with Crippen molar-refractivity contribution in [3.05, 3.63) is 66.2 Å². The molecular formula is C15H13IrN2-. The fourth-order valence-electron chi connectivity index (χ4n) is 2.07. The molecule has 1 heterocycles. The van der Waals surface area contributed by atoms with E-state index in [1.165, 1.54) is 5.69 Å². The van der Waals surface area contributed by atoms with Crippen LogP contribution in [0.15, 0.2) is 59.6 Å². The van der Waals surface area contributed by atoms with E-state index in [4.69, 9.17) is 0 Å². The second kappa shape index (κ2) is 5.94. The zero-order valence-electron chi connectivity index (χ0n) is 9.84. The van der Waals surface area contributed by atoms with Crippen LogP contribution in [-0.2, 0) is 20.1 Å². The van der Waals surface area contributed by atoms with Crippen molar-refractivity contribution in [1.29, 1.82) is 0 Å². The number of hydrogen-bond acceptors (Lipinski definition) is 2. The van der Waals surface area contributed by atoms with Gasteiger partial charge in [-0.15, -0.1) is 35.9 Å². The van der Waals surface area contributed by atoms with Gasteiger partial charge in [0, 0.05) is 38.9 Å². The van der Waals surface area contributed by atoms with Crippen molar-refractivity contribution >= 4 is 11.5 Å². The number of rotatable bonds is 2. The minimum absolute atomic E-state index is 0. The smallest absolute Gasteiger partial charge is 0.0511 e. The van der Waals surface area contributed by atoms with Gasteiger partial charge in [0.25, 0.3) is 0 Å². The molecule has 2 nitrogen and oxygen atoms in total. The summed E-state index contributed by atoms with van der Waals surface area (Å²) < 4.78 is 0. The van der Waals surface area contributed by atoms with Gasteiger partial charge in [-0.2, -0.15) is 0 Å². The fourth-order valence-corrected chi connectivity index (χ4v) is 2.07. The molecule has 0 unspecified atom stereocenters. The van der Waals surface area contributed by atoms with Crippen LogP contribution in [0.25, 0.3) is 0 Å². The first kappa shape index (κ1) is 13.0. The molecule has 93 valence electrons. The zero-order valence-corrected chi connectivity index (χ0v) is 12.2. The predicted octanol–water partition coefficient (Wildman–Crippen LogP) is 2.75. The molecule has 0 atom stereocenters. The van der Waals surface area contributed by atoms with E-state index in [1.807, 2.05) is 24.3 Å². The van der Waals surface area contributed by atoms with Crippen LogP contribution < -0.4 is 4.90 Å². The molecule has 0 saturated carbocycles. The molecule has 0 aliphatic carbocycles. The normalized spacial score (nSPS) is 14.0. The number of amidine groups is 1. The van der Waals surface area contributed by atoms with Gasteiger partial charge in [0.15, 0.2) is 0 Å². The van der Waals surface area contributed by atoms with Crippen LogP contribution in [0.5, 0.6) is 0 Å². The van der Waals surface area contributed by atoms with Gasteiger partial charge in [-0.05, 0) is 12.1 Å². The summed E-state index contributed by atoms with van der Waals surface area (Å²) >= 11 is 0. The number of aliphatic imine (C=N–C) groups is 1. The first-order valence-electron chi connectivity index (χ1n) is 5.79. The summed E-state index contributed by atoms with van der Waals surface area (Å²) in [6.45, 7) is 1.80. The topological polar surface area (TPSA) is 15.6 Å². The van der Waals surface area contributed by atoms with Crippen LogP contribution in [0, 0.1) is 6.07 Å². The van der Waals surface area contributed by atoms with Crippen molar-refractivity contribution in [1.82, 2.24) is 0 Å². The Kier molecular flexibility index (Phi) is 4.29. The van der Waals surface area contributed by atoms with Gasteiger partial charge in [0.2, 0.25) is 0 Å². The quantitative estimate of drug-likeness (QED) is 0.692. The van der Waals surface area contributed by atoms with Crippen LogP contribution in [0.4, 0.5) is 5.69 Å². The molecule has 3 heteroatoms. The van der Waals surface area contributed by atoms with Crippen LogP contribution in [0.1, 0.15) is 5.56 Å². The molecule has 0 saturated heterocycles. The van der Waals surface area contributed by atoms with E-state index < -0.39 is 0 Å². The summed E-state index contributed by atoms with van der Waals surface area (Å²) in [5.41, 5.74) is 2.26. The zero-order chi connectivity index (χ0) is 11.5. The molecule has 1 aliphatic rings. The van der Waals surface area contributed by atoms with Gasteiger partial charge in [0.1, 0.15) is 0 Å². The molecule has 3 rings (SSSR count). The first-order chi connectivity index (χ1) is 8.45. The van der Waals surface area contributed by atoms with Crippen molar-refractivity contribution in [3.63, 3.8) is 0 Å². The first-order valence-corrected chi connectivity index (χ1v) is 5.79. The summed E-state index contributed by atoms with van der Waals surface area (Å²) in [5.74, 6) is 1.02. The molecule has 0 fully saturated rings. The minimum Gasteiger partial charge on any atom is -0.364 e. The summed E-state index contributed by atoms with van der Waals surface area (Å²) in [5, 5.41) is 0. The maximum absolute atomic E-state index is 4.58. The average molecular weight is 414 g/mol. The number of para-hydroxylation sites is 1. The Morgan fingerprint density at radius 1 is 1.00 bits per heavy atom. The molecule has 0 bridgehead atoms. The standard InChI is InChI=1S/C15H13N2.Ir/c1-3-7-13(8-4-1)15-16-11-12-17(15)14-9-5-2-6-10-14;/h1-7,9-10H,11-12H2;/q-1;. The largest absolute Gasteiger partial charge is 0.364 e. The molecular weight excluding hydrogens is 400 g/mol. The molecule has 0 N–H and O–H groups in total. The number of nitrogens with zero attached hydrogens (tertiary/aromatic N) is 2. The van der Waals surface area contributed by atoms with Crippen molar-refractivity contribution in [2.75, 3.05) is 18.0 Å². The summed E-state index contributed by atoms with van der Waals surface area (Å²) in [6, 6.07) is 21.6. The summed E-state index contributed by atoms with van der Waals surface area (Å²) in [7, 11) is 0. The molecule has 0 spiro atoms. The van der Waals surface area contributed by atoms with E-state index in [-0.39, 0.29) is 20.1 Å². The van der Waals surface area contributed by atoms with Crippen molar-refractivity contribution in [3.8, 4) is 0 Å². The molecule has 2 aromatic carbocycles. The van der Waals surface area contributed by atoms with E-state index >= 15 is 0 Å². The third kappa shape index (κ3) is 2.53. The van der Waals surface area contributed by atoms with Crippen molar-refractivity contribution in [2.45, 2.75) is 0 Å². The van der Waals surface area contributed by atoms with Crippen LogP contribution in [0.2, 0.25) is 0 Å². The summed E-state index contributed by atoms with van der Waals surface area (Å²) in [6.07, 6.45) is 0. The Hall–Kier alpha value is -1.44. The Morgan fingerprint density at radius 2 is 1.78 bits per heavy atom. The monoisotopic (exact) mass is 414 g/mol. The summed E-state index contributed by atoms with van der Waals surface area (Å²) in [4.78, 5) is 6.82. The molecule has 18 heavy (non-hydrogen) atoms. The van der Waals surface area contributed by atoms with E-state index in [2.05, 4.69) is 46.3 Å². The molecule has 0 amide bonds. The Labute approximate surface area is 121 Å². The van der Waals surface area contributed by atoms with E-state index in [0.717, 1.165) is 24.5 Å². The maximum Gasteiger partial charge on any atom is 0.0511 e. The number of hydrogen-bond donors (Lipinski definition) is 0. The number of benzene rings is 2. The average Bonchev–Trinajstić information content (AvgIpc) is 2.90. The maximum atomic E-state index is 4.58. The van der Waals surface area contributed by atoms with Crippen LogP contribution in [0.3, 0.4) is 0 Å². The minimum atomic E-state index is 0. The molecule has 0 aromatic heterocycles. The van der Waals surface area contributed by atoms with Gasteiger partial charge in [-0.25, -0.2) is 0 Å². The molecule has 1 aliphatic heterocycles. The van der Waals surface area contributed by atoms with Gasteiger partial charge in [0.05, 0.1) is 5.84 Å². The predicted molar refractivity (Wildman–Crippen MR) is 70.5 cm³/mol. The van der Waals surface area contributed by atoms with Crippen LogP contribution >= 0.6 is 0 Å². The Balaban J connectivity index is 0.00000120.